The number of hydrogen-bond donors (Lipinski definition) is 2. The Bertz CT molecular complexity index is 662. The minimum Gasteiger partial charge on any atom is -0.489 e. The van der Waals surface area contributed by atoms with E-state index in [2.05, 4.69) is 0 Å². The lowest BCUT2D eigenvalue weighted by molar-refractivity contribution is 0.306. The van der Waals surface area contributed by atoms with E-state index in [0.29, 0.717) is 26.9 Å². The third-order valence-corrected chi connectivity index (χ3v) is 3.30. The van der Waals surface area contributed by atoms with Crippen molar-refractivity contribution in [3.8, 4) is 5.75 Å². The van der Waals surface area contributed by atoms with Gasteiger partial charge in [0, 0.05) is 11.1 Å². The molecule has 2 rings (SSSR count). The highest BCUT2D eigenvalue weighted by Crippen LogP contribution is 2.24. The molecule has 20 heavy (non-hydrogen) atoms. The van der Waals surface area contributed by atoms with Gasteiger partial charge in [-0.2, -0.15) is 0 Å². The van der Waals surface area contributed by atoms with E-state index in [1.54, 1.807) is 24.3 Å². The molecule has 2 aromatic carbocycles. The monoisotopic (exact) mass is 312 g/mol. The molecular formula is C14H11Cl2FN2O. The van der Waals surface area contributed by atoms with E-state index in [1.165, 1.54) is 12.1 Å². The standard InChI is InChI=1S/C14H11Cl2FN2O/c15-12-5-9(17)2-1-8(12)7-20-10-3-4-11(14(18)19)13(16)6-10/h1-6H,7H2,(H3,18,19). The van der Waals surface area contributed by atoms with Crippen LogP contribution in [0.15, 0.2) is 36.4 Å². The molecule has 6 heteroatoms. The minimum absolute atomic E-state index is 0.108. The molecule has 0 aliphatic carbocycles. The molecule has 0 bridgehead atoms. The van der Waals surface area contributed by atoms with Gasteiger partial charge >= 0.3 is 0 Å². The van der Waals surface area contributed by atoms with Crippen LogP contribution in [0.2, 0.25) is 10.0 Å². The number of nitrogens with one attached hydrogen (secondary N) is 1. The molecule has 0 aliphatic rings. The molecule has 3 nitrogen and oxygen atoms in total. The van der Waals surface area contributed by atoms with Crippen molar-refractivity contribution in [3.05, 3.63) is 63.4 Å². The molecule has 0 fully saturated rings. The van der Waals surface area contributed by atoms with Crippen LogP contribution < -0.4 is 10.5 Å². The maximum absolute atomic E-state index is 12.9. The zero-order valence-corrected chi connectivity index (χ0v) is 11.8. The Kier molecular flexibility index (Phi) is 4.47. The van der Waals surface area contributed by atoms with Gasteiger partial charge in [-0.25, -0.2) is 4.39 Å². The molecule has 2 aromatic rings. The molecule has 0 saturated heterocycles. The highest BCUT2D eigenvalue weighted by Gasteiger charge is 2.07. The Morgan fingerprint density at radius 2 is 1.90 bits per heavy atom. The third kappa shape index (κ3) is 3.40. The number of halogens is 3. The zero-order valence-electron chi connectivity index (χ0n) is 10.3. The van der Waals surface area contributed by atoms with Crippen LogP contribution in [-0.4, -0.2) is 5.84 Å². The van der Waals surface area contributed by atoms with Gasteiger partial charge in [0.15, 0.2) is 0 Å². The van der Waals surface area contributed by atoms with E-state index in [1.807, 2.05) is 0 Å². The van der Waals surface area contributed by atoms with E-state index in [4.69, 9.17) is 39.1 Å². The normalized spacial score (nSPS) is 10.3. The highest BCUT2D eigenvalue weighted by atomic mass is 35.5. The van der Waals surface area contributed by atoms with Crippen LogP contribution in [0.25, 0.3) is 0 Å². The van der Waals surface area contributed by atoms with Crippen molar-refractivity contribution in [2.45, 2.75) is 6.61 Å². The van der Waals surface area contributed by atoms with Crippen molar-refractivity contribution >= 4 is 29.0 Å². The Morgan fingerprint density at radius 3 is 2.50 bits per heavy atom. The number of rotatable bonds is 4. The predicted molar refractivity (Wildman–Crippen MR) is 78.2 cm³/mol. The molecule has 0 aromatic heterocycles. The second-order valence-electron chi connectivity index (χ2n) is 4.08. The Labute approximate surface area is 125 Å². The molecular weight excluding hydrogens is 302 g/mol. The molecule has 0 spiro atoms. The fourth-order valence-electron chi connectivity index (χ4n) is 1.60. The van der Waals surface area contributed by atoms with E-state index in [9.17, 15) is 4.39 Å². The molecule has 0 unspecified atom stereocenters. The van der Waals surface area contributed by atoms with Crippen molar-refractivity contribution in [2.75, 3.05) is 0 Å². The first-order valence-electron chi connectivity index (χ1n) is 5.68. The molecule has 0 saturated carbocycles. The highest BCUT2D eigenvalue weighted by molar-refractivity contribution is 6.34. The summed E-state index contributed by atoms with van der Waals surface area (Å²) in [5.74, 6) is 0.0103. The van der Waals surface area contributed by atoms with E-state index in [-0.39, 0.29) is 12.4 Å². The summed E-state index contributed by atoms with van der Waals surface area (Å²) in [4.78, 5) is 0. The van der Waals surface area contributed by atoms with Crippen LogP contribution in [0.4, 0.5) is 4.39 Å². The summed E-state index contributed by atoms with van der Waals surface area (Å²) in [6, 6.07) is 8.92. The zero-order chi connectivity index (χ0) is 14.7. The minimum atomic E-state index is -0.396. The van der Waals surface area contributed by atoms with E-state index >= 15 is 0 Å². The summed E-state index contributed by atoms with van der Waals surface area (Å²) < 4.78 is 18.4. The van der Waals surface area contributed by atoms with Crippen LogP contribution in [-0.2, 0) is 6.61 Å². The largest absolute Gasteiger partial charge is 0.489 e. The molecule has 0 atom stereocenters. The van der Waals surface area contributed by atoms with Gasteiger partial charge in [-0.05, 0) is 30.3 Å². The lowest BCUT2D eigenvalue weighted by atomic mass is 10.2. The predicted octanol–water partition coefficient (Wildman–Crippen LogP) is 4.00. The van der Waals surface area contributed by atoms with Gasteiger partial charge in [-0.15, -0.1) is 0 Å². The van der Waals surface area contributed by atoms with Crippen LogP contribution in [0.1, 0.15) is 11.1 Å². The van der Waals surface area contributed by atoms with Crippen LogP contribution in [0.5, 0.6) is 5.75 Å². The summed E-state index contributed by atoms with van der Waals surface area (Å²) in [5, 5.41) is 7.97. The van der Waals surface area contributed by atoms with Gasteiger partial charge in [-0.1, -0.05) is 29.3 Å². The second kappa shape index (κ2) is 6.11. The number of nitrogens with two attached hydrogens (primary N) is 1. The van der Waals surface area contributed by atoms with Crippen LogP contribution in [0, 0.1) is 11.2 Å². The Morgan fingerprint density at radius 1 is 1.15 bits per heavy atom. The molecule has 104 valence electrons. The van der Waals surface area contributed by atoms with Crippen molar-refractivity contribution in [2.24, 2.45) is 5.73 Å². The van der Waals surface area contributed by atoms with E-state index in [0.717, 1.165) is 0 Å². The third-order valence-electron chi connectivity index (χ3n) is 2.64. The molecule has 0 aliphatic heterocycles. The topological polar surface area (TPSA) is 59.1 Å². The average Bonchev–Trinajstić information content (AvgIpc) is 2.37. The Hall–Kier alpha value is -1.78. The molecule has 0 heterocycles. The number of nitrogen functional groups attached to an aromatic ring is 1. The maximum Gasteiger partial charge on any atom is 0.124 e. The van der Waals surface area contributed by atoms with Gasteiger partial charge in [0.2, 0.25) is 0 Å². The number of hydrogen-bond acceptors (Lipinski definition) is 2. The smallest absolute Gasteiger partial charge is 0.124 e. The summed E-state index contributed by atoms with van der Waals surface area (Å²) in [6.07, 6.45) is 0. The summed E-state index contributed by atoms with van der Waals surface area (Å²) in [5.41, 5.74) is 6.48. The lowest BCUT2D eigenvalue weighted by Gasteiger charge is -2.09. The van der Waals surface area contributed by atoms with Crippen molar-refractivity contribution in [1.29, 1.82) is 5.41 Å². The number of benzene rings is 2. The average molecular weight is 313 g/mol. The number of ether oxygens (including phenoxy) is 1. The summed E-state index contributed by atoms with van der Waals surface area (Å²) in [6.45, 7) is 0.189. The number of amidine groups is 1. The summed E-state index contributed by atoms with van der Waals surface area (Å²) in [7, 11) is 0. The van der Waals surface area contributed by atoms with Gasteiger partial charge < -0.3 is 10.5 Å². The van der Waals surface area contributed by atoms with Crippen LogP contribution in [0.3, 0.4) is 0 Å². The van der Waals surface area contributed by atoms with Crippen molar-refractivity contribution in [1.82, 2.24) is 0 Å². The maximum atomic E-state index is 12.9. The fraction of sp³-hybridized carbons (Fsp3) is 0.0714. The van der Waals surface area contributed by atoms with Gasteiger partial charge in [0.05, 0.1) is 10.0 Å². The SMILES string of the molecule is N=C(N)c1ccc(OCc2ccc(F)cc2Cl)cc1Cl. The first-order chi connectivity index (χ1) is 9.47. The molecule has 0 amide bonds. The first kappa shape index (κ1) is 14.6. The van der Waals surface area contributed by atoms with Crippen molar-refractivity contribution in [3.63, 3.8) is 0 Å². The van der Waals surface area contributed by atoms with Crippen molar-refractivity contribution < 1.29 is 9.13 Å². The van der Waals surface area contributed by atoms with Gasteiger partial charge in [0.25, 0.3) is 0 Å². The molecule has 3 N–H and O–H groups in total. The van der Waals surface area contributed by atoms with E-state index < -0.39 is 5.82 Å². The van der Waals surface area contributed by atoms with Gasteiger partial charge in [-0.3, -0.25) is 5.41 Å². The fourth-order valence-corrected chi connectivity index (χ4v) is 2.10. The van der Waals surface area contributed by atoms with Crippen LogP contribution >= 0.6 is 23.2 Å². The molecule has 0 radical (unpaired) electrons. The van der Waals surface area contributed by atoms with Gasteiger partial charge in [0.1, 0.15) is 24.0 Å². The second-order valence-corrected chi connectivity index (χ2v) is 4.89. The lowest BCUT2D eigenvalue weighted by Crippen LogP contribution is -2.11. The Balaban J connectivity index is 2.11. The first-order valence-corrected chi connectivity index (χ1v) is 6.43. The quantitative estimate of drug-likeness (QED) is 0.662. The summed E-state index contributed by atoms with van der Waals surface area (Å²) >= 11 is 11.9.